The molecule has 5 nitrogen and oxygen atoms in total. The second-order valence-electron chi connectivity index (χ2n) is 8.63. The minimum absolute atomic E-state index is 0.356. The summed E-state index contributed by atoms with van der Waals surface area (Å²) in [7, 11) is 3.48. The molecule has 2 aliphatic rings. The molecule has 2 fully saturated rings. The highest BCUT2D eigenvalue weighted by Gasteiger charge is 2.61. The number of likely N-dealkylation sites (tertiary alicyclic amines) is 2. The molecule has 5 heteroatoms. The number of piperidine rings is 2. The van der Waals surface area contributed by atoms with E-state index in [0.717, 1.165) is 50.4 Å². The molecule has 4 rings (SSSR count). The zero-order valence-electron chi connectivity index (χ0n) is 18.0. The Labute approximate surface area is 179 Å². The number of hydrogen-bond acceptors (Lipinski definition) is 5. The van der Waals surface area contributed by atoms with Crippen LogP contribution in [0.3, 0.4) is 0 Å². The fraction of sp³-hybridized carbons (Fsp3) is 0.480. The van der Waals surface area contributed by atoms with Crippen LogP contribution in [0.5, 0.6) is 0 Å². The van der Waals surface area contributed by atoms with E-state index in [9.17, 15) is 4.79 Å². The Hall–Kier alpha value is -2.05. The lowest BCUT2D eigenvalue weighted by atomic mass is 9.57. The molecule has 0 spiro atoms. The van der Waals surface area contributed by atoms with Crippen LogP contribution in [0.25, 0.3) is 0 Å². The van der Waals surface area contributed by atoms with Gasteiger partial charge in [0.15, 0.2) is 5.78 Å². The van der Waals surface area contributed by atoms with Gasteiger partial charge in [-0.2, -0.15) is 0 Å². The van der Waals surface area contributed by atoms with Gasteiger partial charge in [-0.15, -0.1) is 0 Å². The van der Waals surface area contributed by atoms with Crippen molar-refractivity contribution >= 4 is 5.78 Å². The molecule has 0 amide bonds. The molecule has 0 saturated carbocycles. The van der Waals surface area contributed by atoms with Crippen molar-refractivity contribution in [2.24, 2.45) is 0 Å². The molecule has 2 bridgehead atoms. The summed E-state index contributed by atoms with van der Waals surface area (Å²) in [6.45, 7) is 5.85. The average molecular weight is 409 g/mol. The number of carbonyl (C=O) groups excluding carboxylic acids is 1. The van der Waals surface area contributed by atoms with Crippen LogP contribution in [0.1, 0.15) is 11.1 Å². The molecule has 2 aromatic rings. The number of carbonyl (C=O) groups is 1. The van der Waals surface area contributed by atoms with Gasteiger partial charge in [0.2, 0.25) is 0 Å². The third kappa shape index (κ3) is 3.71. The number of Topliss-reactive ketones (excluding diaryl/α,β-unsaturated/α-hetero) is 1. The van der Waals surface area contributed by atoms with E-state index in [1.165, 1.54) is 0 Å². The summed E-state index contributed by atoms with van der Waals surface area (Å²) in [5, 5.41) is 0. The van der Waals surface area contributed by atoms with Crippen molar-refractivity contribution in [1.29, 1.82) is 0 Å². The van der Waals surface area contributed by atoms with E-state index in [-0.39, 0.29) is 0 Å². The Morgan fingerprint density at radius 3 is 1.40 bits per heavy atom. The van der Waals surface area contributed by atoms with Crippen molar-refractivity contribution in [2.75, 3.05) is 66.7 Å². The highest BCUT2D eigenvalue weighted by molar-refractivity contribution is 6.01. The van der Waals surface area contributed by atoms with E-state index in [0.29, 0.717) is 19.0 Å². The zero-order valence-corrected chi connectivity index (χ0v) is 18.0. The number of fused-ring (bicyclic) bond motifs is 2. The monoisotopic (exact) mass is 408 g/mol. The van der Waals surface area contributed by atoms with Crippen LogP contribution in [0, 0.1) is 0 Å². The van der Waals surface area contributed by atoms with E-state index in [1.54, 1.807) is 14.2 Å². The number of rotatable bonds is 8. The average Bonchev–Trinajstić information content (AvgIpc) is 2.78. The largest absolute Gasteiger partial charge is 0.383 e. The lowest BCUT2D eigenvalue weighted by Crippen LogP contribution is -2.74. The number of ether oxygens (including phenoxy) is 2. The van der Waals surface area contributed by atoms with Gasteiger partial charge in [0, 0.05) is 53.5 Å². The van der Waals surface area contributed by atoms with Crippen LogP contribution < -0.4 is 0 Å². The SMILES string of the molecule is COCCN1CC2(c3ccccc3)CN(CCOC)CC(c3ccccc3)(C1)C2=O. The predicted molar refractivity (Wildman–Crippen MR) is 118 cm³/mol. The van der Waals surface area contributed by atoms with E-state index < -0.39 is 10.8 Å². The smallest absolute Gasteiger partial charge is 0.159 e. The van der Waals surface area contributed by atoms with Gasteiger partial charge in [-0.05, 0) is 11.1 Å². The molecule has 2 saturated heterocycles. The van der Waals surface area contributed by atoms with Crippen molar-refractivity contribution in [2.45, 2.75) is 10.8 Å². The van der Waals surface area contributed by atoms with Gasteiger partial charge in [-0.1, -0.05) is 60.7 Å². The maximum atomic E-state index is 14.4. The zero-order chi connectivity index (χ0) is 21.0. The van der Waals surface area contributed by atoms with Gasteiger partial charge in [-0.3, -0.25) is 14.6 Å². The molecule has 0 N–H and O–H groups in total. The van der Waals surface area contributed by atoms with Crippen LogP contribution in [0.2, 0.25) is 0 Å². The van der Waals surface area contributed by atoms with Crippen LogP contribution in [0.4, 0.5) is 0 Å². The lowest BCUT2D eigenvalue weighted by molar-refractivity contribution is -0.145. The molecule has 2 aliphatic heterocycles. The van der Waals surface area contributed by atoms with Gasteiger partial charge < -0.3 is 9.47 Å². The number of nitrogens with zero attached hydrogens (tertiary/aromatic N) is 2. The normalized spacial score (nSPS) is 27.3. The molecule has 30 heavy (non-hydrogen) atoms. The Bertz CT molecular complexity index is 758. The number of hydrogen-bond donors (Lipinski definition) is 0. The Kier molecular flexibility index (Phi) is 6.34. The number of benzene rings is 2. The fourth-order valence-electron chi connectivity index (χ4n) is 5.38. The maximum Gasteiger partial charge on any atom is 0.159 e. The fourth-order valence-corrected chi connectivity index (χ4v) is 5.38. The Balaban J connectivity index is 1.84. The first-order valence-corrected chi connectivity index (χ1v) is 10.7. The van der Waals surface area contributed by atoms with Gasteiger partial charge >= 0.3 is 0 Å². The van der Waals surface area contributed by atoms with Crippen LogP contribution in [-0.2, 0) is 25.1 Å². The van der Waals surface area contributed by atoms with E-state index in [2.05, 4.69) is 34.1 Å². The maximum absolute atomic E-state index is 14.4. The minimum Gasteiger partial charge on any atom is -0.383 e. The summed E-state index contributed by atoms with van der Waals surface area (Å²) in [5.74, 6) is 0.356. The highest BCUT2D eigenvalue weighted by atomic mass is 16.5. The van der Waals surface area contributed by atoms with Gasteiger partial charge in [0.05, 0.1) is 24.0 Å². The second kappa shape index (κ2) is 8.98. The summed E-state index contributed by atoms with van der Waals surface area (Å²) >= 11 is 0. The molecule has 2 aromatic carbocycles. The van der Waals surface area contributed by atoms with Gasteiger partial charge in [0.1, 0.15) is 0 Å². The van der Waals surface area contributed by atoms with Crippen molar-refractivity contribution in [3.8, 4) is 0 Å². The van der Waals surface area contributed by atoms with Gasteiger partial charge in [0.25, 0.3) is 0 Å². The van der Waals surface area contributed by atoms with Crippen LogP contribution >= 0.6 is 0 Å². The molecule has 2 heterocycles. The first-order valence-electron chi connectivity index (χ1n) is 10.7. The summed E-state index contributed by atoms with van der Waals surface area (Å²) < 4.78 is 10.8. The van der Waals surface area contributed by atoms with E-state index in [4.69, 9.17) is 9.47 Å². The minimum atomic E-state index is -0.560. The summed E-state index contributed by atoms with van der Waals surface area (Å²) in [6.07, 6.45) is 0. The summed E-state index contributed by atoms with van der Waals surface area (Å²) in [5.41, 5.74) is 1.10. The Morgan fingerprint density at radius 2 is 1.07 bits per heavy atom. The van der Waals surface area contributed by atoms with E-state index in [1.807, 2.05) is 36.4 Å². The van der Waals surface area contributed by atoms with Crippen LogP contribution in [-0.4, -0.2) is 82.3 Å². The predicted octanol–water partition coefficient (Wildman–Crippen LogP) is 2.36. The third-order valence-corrected chi connectivity index (χ3v) is 6.72. The first kappa shape index (κ1) is 21.2. The van der Waals surface area contributed by atoms with Crippen molar-refractivity contribution in [3.63, 3.8) is 0 Å². The molecule has 0 aliphatic carbocycles. The topological polar surface area (TPSA) is 42.0 Å². The quantitative estimate of drug-likeness (QED) is 0.671. The highest BCUT2D eigenvalue weighted by Crippen LogP contribution is 2.46. The number of ketones is 1. The van der Waals surface area contributed by atoms with E-state index >= 15 is 0 Å². The molecular formula is C25H32N2O3. The molecule has 0 atom stereocenters. The number of methoxy groups -OCH3 is 2. The lowest BCUT2D eigenvalue weighted by Gasteiger charge is -2.58. The van der Waals surface area contributed by atoms with Crippen LogP contribution in [0.15, 0.2) is 60.7 Å². The standard InChI is InChI=1S/C25H32N2O3/c1-29-15-13-26-17-24(21-9-5-3-6-10-21)19-27(14-16-30-2)20-25(18-26,23(24)28)22-11-7-4-8-12-22/h3-12H,13-20H2,1-2H3. The Morgan fingerprint density at radius 1 is 0.700 bits per heavy atom. The molecule has 0 unspecified atom stereocenters. The van der Waals surface area contributed by atoms with Crippen molar-refractivity contribution < 1.29 is 14.3 Å². The third-order valence-electron chi connectivity index (χ3n) is 6.72. The molecule has 0 radical (unpaired) electrons. The molecule has 0 aromatic heterocycles. The second-order valence-corrected chi connectivity index (χ2v) is 8.63. The molecular weight excluding hydrogens is 376 g/mol. The first-order chi connectivity index (χ1) is 14.6. The summed E-state index contributed by atoms with van der Waals surface area (Å²) in [4.78, 5) is 19.2. The molecule has 160 valence electrons. The summed E-state index contributed by atoms with van der Waals surface area (Å²) in [6, 6.07) is 20.7. The van der Waals surface area contributed by atoms with Gasteiger partial charge in [-0.25, -0.2) is 0 Å². The van der Waals surface area contributed by atoms with Crippen molar-refractivity contribution in [1.82, 2.24) is 9.80 Å². The van der Waals surface area contributed by atoms with Crippen molar-refractivity contribution in [3.05, 3.63) is 71.8 Å².